The number of rotatable bonds is 0. The second kappa shape index (κ2) is 3.90. The summed E-state index contributed by atoms with van der Waals surface area (Å²) < 4.78 is 1.30. The number of hydrogen-bond donors (Lipinski definition) is 2. The van der Waals surface area contributed by atoms with Gasteiger partial charge in [0.15, 0.2) is 0 Å². The van der Waals surface area contributed by atoms with Gasteiger partial charge in [-0.2, -0.15) is 0 Å². The van der Waals surface area contributed by atoms with Gasteiger partial charge in [-0.05, 0) is 0 Å². The van der Waals surface area contributed by atoms with Crippen LogP contribution >= 0.6 is 25.3 Å². The van der Waals surface area contributed by atoms with Crippen LogP contribution < -0.4 is 3.27 Å². The summed E-state index contributed by atoms with van der Waals surface area (Å²) in [6.45, 7) is 6.29. The molecule has 66 valence electrons. The topological polar surface area (TPSA) is 0 Å². The zero-order valence-corrected chi connectivity index (χ0v) is 12.0. The molecular weight excluding hydrogens is 382 g/mol. The molecule has 0 aliphatic heterocycles. The zero-order chi connectivity index (χ0) is 9.46. The third-order valence-electron chi connectivity index (χ3n) is 2.17. The molecule has 0 N–H and O–H groups in total. The monoisotopic (exact) mass is 393 g/mol. The van der Waals surface area contributed by atoms with Crippen molar-refractivity contribution in [1.82, 2.24) is 0 Å². The average Bonchev–Trinajstić information content (AvgIpc) is 2.08. The minimum atomic E-state index is 1.11. The van der Waals surface area contributed by atoms with E-state index in [0.29, 0.717) is 0 Å². The Morgan fingerprint density at radius 1 is 0.833 bits per heavy atom. The fourth-order valence-electron chi connectivity index (χ4n) is 1.08. The molecule has 0 fully saturated rings. The van der Waals surface area contributed by atoms with Crippen LogP contribution in [-0.2, 0) is 0 Å². The van der Waals surface area contributed by atoms with Crippen LogP contribution in [0, 0.1) is 45.5 Å². The second-order valence-electron chi connectivity index (χ2n) is 2.89. The van der Waals surface area contributed by atoms with E-state index in [4.69, 9.17) is 0 Å². The summed E-state index contributed by atoms with van der Waals surface area (Å²) in [4.78, 5) is 2.24. The molecule has 0 aromatic heterocycles. The molecule has 1 aromatic rings. The summed E-state index contributed by atoms with van der Waals surface area (Å²) in [7, 11) is 0. The molecule has 0 unspecified atom stereocenters. The van der Waals surface area contributed by atoms with Crippen LogP contribution in [0.15, 0.2) is 9.79 Å². The molecule has 1 aromatic carbocycles. The summed E-state index contributed by atoms with van der Waals surface area (Å²) in [5, 5.41) is 0. The van der Waals surface area contributed by atoms with E-state index in [1.807, 2.05) is 0 Å². The zero-order valence-electron chi connectivity index (χ0n) is 7.27. The van der Waals surface area contributed by atoms with E-state index >= 15 is 0 Å². The molecule has 0 saturated heterocycles. The van der Waals surface area contributed by atoms with Gasteiger partial charge in [0.05, 0.1) is 0 Å². The van der Waals surface area contributed by atoms with Gasteiger partial charge in [0.2, 0.25) is 0 Å². The van der Waals surface area contributed by atoms with Crippen molar-refractivity contribution in [3.05, 3.63) is 16.7 Å². The Bertz CT molecular complexity index is 227. The number of benzene rings is 1. The third-order valence-corrected chi connectivity index (χ3v) is 5.82. The van der Waals surface area contributed by atoms with Gasteiger partial charge in [-0.25, -0.2) is 0 Å². The van der Waals surface area contributed by atoms with Crippen LogP contribution in [0.3, 0.4) is 0 Å². The fourth-order valence-corrected chi connectivity index (χ4v) is 2.91. The van der Waals surface area contributed by atoms with Crippen LogP contribution in [0.1, 0.15) is 16.7 Å². The van der Waals surface area contributed by atoms with E-state index in [9.17, 15) is 0 Å². The van der Waals surface area contributed by atoms with E-state index < -0.39 is 0 Å². The first-order chi connectivity index (χ1) is 5.46. The average molecular weight is 393 g/mol. The first-order valence-corrected chi connectivity index (χ1v) is 6.00. The quantitative estimate of drug-likeness (QED) is 0.622. The summed E-state index contributed by atoms with van der Waals surface area (Å²) in [5.41, 5.74) is 3.77. The Labute approximate surface area is 99.8 Å². The molecule has 0 aliphatic rings. The minimum absolute atomic E-state index is 1.11. The van der Waals surface area contributed by atoms with Crippen LogP contribution in [-0.4, -0.2) is 0 Å². The molecule has 0 radical (unpaired) electrons. The van der Waals surface area contributed by atoms with Crippen molar-refractivity contribution < 1.29 is 24.7 Å². The Balaban J connectivity index is 3.60. The van der Waals surface area contributed by atoms with Crippen molar-refractivity contribution in [3.63, 3.8) is 0 Å². The van der Waals surface area contributed by atoms with Crippen LogP contribution in [0.25, 0.3) is 0 Å². The SMILES string of the molecule is Cc1c(C)c(S)c([At])c(C)c1S. The van der Waals surface area contributed by atoms with Crippen molar-refractivity contribution in [2.75, 3.05) is 0 Å². The van der Waals surface area contributed by atoms with E-state index in [0.717, 1.165) is 9.79 Å². The number of hydrogen-bond acceptors (Lipinski definition) is 2. The van der Waals surface area contributed by atoms with Crippen molar-refractivity contribution in [2.45, 2.75) is 30.6 Å². The number of thiol groups is 2. The van der Waals surface area contributed by atoms with Gasteiger partial charge in [0.1, 0.15) is 0 Å². The Morgan fingerprint density at radius 2 is 1.25 bits per heavy atom. The van der Waals surface area contributed by atoms with Gasteiger partial charge in [-0.15, -0.1) is 0 Å². The summed E-state index contributed by atoms with van der Waals surface area (Å²) in [5.74, 6) is 0. The molecule has 0 heterocycles. The molecular formula is C9H11AtS2. The van der Waals surface area contributed by atoms with E-state index in [-0.39, 0.29) is 0 Å². The van der Waals surface area contributed by atoms with Gasteiger partial charge in [0.25, 0.3) is 0 Å². The van der Waals surface area contributed by atoms with E-state index in [1.54, 1.807) is 24.7 Å². The second-order valence-corrected chi connectivity index (χ2v) is 5.25. The molecule has 0 amide bonds. The third kappa shape index (κ3) is 1.69. The standard InChI is InChI=1S/C9H11AtS2/c1-4-5(2)9(12)7(10)6(3)8(4)11/h11-12H,1-3H3. The first-order valence-electron chi connectivity index (χ1n) is 3.64. The van der Waals surface area contributed by atoms with E-state index in [1.165, 1.54) is 20.0 Å². The molecule has 3 heteroatoms. The van der Waals surface area contributed by atoms with Gasteiger partial charge >= 0.3 is 101 Å². The van der Waals surface area contributed by atoms with Crippen molar-refractivity contribution in [3.8, 4) is 0 Å². The van der Waals surface area contributed by atoms with Gasteiger partial charge in [-0.3, -0.25) is 0 Å². The molecule has 0 spiro atoms. The Hall–Kier alpha value is 0.803. The van der Waals surface area contributed by atoms with Gasteiger partial charge < -0.3 is 0 Å². The molecule has 0 saturated carbocycles. The molecule has 1 rings (SSSR count). The van der Waals surface area contributed by atoms with Crippen LogP contribution in [0.2, 0.25) is 0 Å². The summed E-state index contributed by atoms with van der Waals surface area (Å²) in [6.07, 6.45) is 0. The van der Waals surface area contributed by atoms with Gasteiger partial charge in [0, 0.05) is 0 Å². The predicted octanol–water partition coefficient (Wildman–Crippen LogP) is 2.36. The molecule has 0 aliphatic carbocycles. The Kier molecular flexibility index (Phi) is 3.53. The van der Waals surface area contributed by atoms with Crippen molar-refractivity contribution in [2.24, 2.45) is 0 Å². The molecule has 0 nitrogen and oxygen atoms in total. The molecule has 0 bridgehead atoms. The van der Waals surface area contributed by atoms with Crippen LogP contribution in [0.4, 0.5) is 0 Å². The first kappa shape index (κ1) is 10.9. The maximum absolute atomic E-state index is 4.48. The predicted molar refractivity (Wildman–Crippen MR) is 54.8 cm³/mol. The molecule has 0 atom stereocenters. The van der Waals surface area contributed by atoms with Crippen molar-refractivity contribution >= 4 is 28.5 Å². The Morgan fingerprint density at radius 3 is 1.75 bits per heavy atom. The fraction of sp³-hybridized carbons (Fsp3) is 0.333. The summed E-state index contributed by atoms with van der Waals surface area (Å²) >= 11 is 10.6. The normalized spacial score (nSPS) is 10.5. The molecule has 12 heavy (non-hydrogen) atoms. The van der Waals surface area contributed by atoms with Gasteiger partial charge in [-0.1, -0.05) is 0 Å². The van der Waals surface area contributed by atoms with E-state index in [2.05, 4.69) is 46.0 Å². The van der Waals surface area contributed by atoms with Crippen molar-refractivity contribution in [1.29, 1.82) is 0 Å². The van der Waals surface area contributed by atoms with Crippen LogP contribution in [0.5, 0.6) is 0 Å². The summed E-state index contributed by atoms with van der Waals surface area (Å²) in [6, 6.07) is 0. The maximum atomic E-state index is 4.48.